The lowest BCUT2D eigenvalue weighted by Gasteiger charge is -2.10. The van der Waals surface area contributed by atoms with Crippen molar-refractivity contribution in [2.75, 3.05) is 25.1 Å². The molecule has 1 aliphatic rings. The third-order valence-electron chi connectivity index (χ3n) is 4.35. The first-order valence-electron chi connectivity index (χ1n) is 9.80. The molecule has 0 fully saturated rings. The van der Waals surface area contributed by atoms with Crippen LogP contribution in [0.3, 0.4) is 0 Å². The molecule has 31 heavy (non-hydrogen) atoms. The molecule has 2 heterocycles. The zero-order chi connectivity index (χ0) is 21.5. The van der Waals surface area contributed by atoms with Crippen molar-refractivity contribution in [3.63, 3.8) is 0 Å². The van der Waals surface area contributed by atoms with Crippen molar-refractivity contribution in [1.29, 1.82) is 0 Å². The maximum Gasteiger partial charge on any atom is 0.374 e. The summed E-state index contributed by atoms with van der Waals surface area (Å²) in [5.41, 5.74) is 0.517. The molecule has 1 amide bonds. The average Bonchev–Trinajstić information content (AvgIpc) is 3.15. The van der Waals surface area contributed by atoms with Gasteiger partial charge in [-0.05, 0) is 36.4 Å². The number of rotatable bonds is 7. The molecule has 2 aromatic carbocycles. The number of para-hydroxylation sites is 1. The van der Waals surface area contributed by atoms with Crippen LogP contribution in [-0.4, -0.2) is 31.7 Å². The first-order chi connectivity index (χ1) is 15.2. The summed E-state index contributed by atoms with van der Waals surface area (Å²) in [5, 5.41) is 2.66. The second kappa shape index (κ2) is 9.71. The minimum atomic E-state index is -0.736. The van der Waals surface area contributed by atoms with Crippen LogP contribution < -0.4 is 19.5 Å². The SMILES string of the molecule is O=C(COC(=O)c1ccc(COc2ccccc2)o1)Nc1ccc2c(c1)OCCCO2. The monoisotopic (exact) mass is 423 g/mol. The highest BCUT2D eigenvalue weighted by Crippen LogP contribution is 2.32. The Labute approximate surface area is 178 Å². The van der Waals surface area contributed by atoms with E-state index < -0.39 is 18.5 Å². The Morgan fingerprint density at radius 3 is 2.58 bits per heavy atom. The number of ether oxygens (including phenoxy) is 4. The fourth-order valence-corrected chi connectivity index (χ4v) is 2.88. The fraction of sp³-hybridized carbons (Fsp3) is 0.217. The van der Waals surface area contributed by atoms with Crippen molar-refractivity contribution in [1.82, 2.24) is 0 Å². The van der Waals surface area contributed by atoms with Crippen LogP contribution in [0.15, 0.2) is 65.1 Å². The van der Waals surface area contributed by atoms with Crippen molar-refractivity contribution in [3.8, 4) is 17.2 Å². The van der Waals surface area contributed by atoms with Gasteiger partial charge >= 0.3 is 5.97 Å². The van der Waals surface area contributed by atoms with E-state index in [1.807, 2.05) is 30.3 Å². The normalized spacial score (nSPS) is 12.5. The molecule has 1 N–H and O–H groups in total. The molecule has 8 heteroatoms. The maximum atomic E-state index is 12.1. The van der Waals surface area contributed by atoms with Crippen LogP contribution in [0, 0.1) is 0 Å². The van der Waals surface area contributed by atoms with Crippen molar-refractivity contribution in [2.45, 2.75) is 13.0 Å². The molecule has 3 aromatic rings. The van der Waals surface area contributed by atoms with Crippen molar-refractivity contribution in [3.05, 3.63) is 72.2 Å². The first-order valence-corrected chi connectivity index (χ1v) is 9.80. The maximum absolute atomic E-state index is 12.1. The van der Waals surface area contributed by atoms with Crippen molar-refractivity contribution in [2.24, 2.45) is 0 Å². The molecule has 160 valence electrons. The molecule has 0 atom stereocenters. The van der Waals surface area contributed by atoms with E-state index in [-0.39, 0.29) is 12.4 Å². The van der Waals surface area contributed by atoms with E-state index in [1.165, 1.54) is 6.07 Å². The topological polar surface area (TPSA) is 96.2 Å². The Balaban J connectivity index is 1.25. The molecular formula is C23H21NO7. The van der Waals surface area contributed by atoms with Gasteiger partial charge < -0.3 is 28.7 Å². The zero-order valence-electron chi connectivity index (χ0n) is 16.7. The minimum Gasteiger partial charge on any atom is -0.490 e. The van der Waals surface area contributed by atoms with E-state index in [2.05, 4.69) is 5.32 Å². The minimum absolute atomic E-state index is 0.00459. The number of anilines is 1. The quantitative estimate of drug-likeness (QED) is 0.577. The molecule has 0 aliphatic carbocycles. The Hall–Kier alpha value is -3.94. The number of esters is 1. The molecule has 8 nitrogen and oxygen atoms in total. The highest BCUT2D eigenvalue weighted by Gasteiger charge is 2.16. The standard InChI is InChI=1S/C23H21NO7/c25-22(24-16-7-9-19-21(13-16)28-12-4-11-27-19)15-30-23(26)20-10-8-18(31-20)14-29-17-5-2-1-3-6-17/h1-3,5-10,13H,4,11-12,14-15H2,(H,24,25). The summed E-state index contributed by atoms with van der Waals surface area (Å²) >= 11 is 0. The molecule has 0 radical (unpaired) electrons. The summed E-state index contributed by atoms with van der Waals surface area (Å²) < 4.78 is 27.2. The second-order valence-electron chi connectivity index (χ2n) is 6.70. The van der Waals surface area contributed by atoms with Gasteiger partial charge in [0.2, 0.25) is 5.76 Å². The van der Waals surface area contributed by atoms with Gasteiger partial charge in [-0.2, -0.15) is 0 Å². The fourth-order valence-electron chi connectivity index (χ4n) is 2.88. The molecule has 4 rings (SSSR count). The van der Waals surface area contributed by atoms with Crippen LogP contribution in [-0.2, 0) is 16.1 Å². The van der Waals surface area contributed by atoms with Gasteiger partial charge in [0.05, 0.1) is 13.2 Å². The Morgan fingerprint density at radius 1 is 0.935 bits per heavy atom. The molecule has 1 aromatic heterocycles. The van der Waals surface area contributed by atoms with E-state index in [0.29, 0.717) is 41.9 Å². The number of furan rings is 1. The first kappa shape index (κ1) is 20.3. The molecule has 0 spiro atoms. The van der Waals surface area contributed by atoms with Crippen LogP contribution in [0.5, 0.6) is 17.2 Å². The van der Waals surface area contributed by atoms with E-state index in [0.717, 1.165) is 6.42 Å². The van der Waals surface area contributed by atoms with Crippen LogP contribution in [0.2, 0.25) is 0 Å². The Bertz CT molecular complexity index is 1050. The number of hydrogen-bond acceptors (Lipinski definition) is 7. The summed E-state index contributed by atoms with van der Waals surface area (Å²) in [6.45, 7) is 0.844. The smallest absolute Gasteiger partial charge is 0.374 e. The molecular weight excluding hydrogens is 402 g/mol. The predicted octanol–water partition coefficient (Wildman–Crippen LogP) is 3.82. The molecule has 0 unspecified atom stereocenters. The van der Waals surface area contributed by atoms with Gasteiger partial charge in [0, 0.05) is 18.2 Å². The highest BCUT2D eigenvalue weighted by molar-refractivity contribution is 5.94. The third kappa shape index (κ3) is 5.57. The van der Waals surface area contributed by atoms with Gasteiger partial charge in [-0.25, -0.2) is 4.79 Å². The zero-order valence-corrected chi connectivity index (χ0v) is 16.7. The number of carbonyl (C=O) groups is 2. The van der Waals surface area contributed by atoms with Crippen molar-refractivity contribution < 1.29 is 33.0 Å². The highest BCUT2D eigenvalue weighted by atomic mass is 16.6. The van der Waals surface area contributed by atoms with Gasteiger partial charge in [0.25, 0.3) is 5.91 Å². The number of nitrogens with one attached hydrogen (secondary N) is 1. The number of fused-ring (bicyclic) bond motifs is 1. The number of hydrogen-bond donors (Lipinski definition) is 1. The Morgan fingerprint density at radius 2 is 1.74 bits per heavy atom. The van der Waals surface area contributed by atoms with Gasteiger partial charge in [-0.1, -0.05) is 18.2 Å². The molecule has 0 bridgehead atoms. The molecule has 0 saturated carbocycles. The van der Waals surface area contributed by atoms with Gasteiger partial charge in [-0.15, -0.1) is 0 Å². The van der Waals surface area contributed by atoms with Crippen LogP contribution >= 0.6 is 0 Å². The van der Waals surface area contributed by atoms with Crippen LogP contribution in [0.4, 0.5) is 5.69 Å². The lowest BCUT2D eigenvalue weighted by molar-refractivity contribution is -0.119. The van der Waals surface area contributed by atoms with Gasteiger partial charge in [0.1, 0.15) is 18.1 Å². The predicted molar refractivity (Wildman–Crippen MR) is 110 cm³/mol. The lowest BCUT2D eigenvalue weighted by Crippen LogP contribution is -2.20. The summed E-state index contributed by atoms with van der Waals surface area (Å²) in [7, 11) is 0. The second-order valence-corrected chi connectivity index (χ2v) is 6.70. The summed E-state index contributed by atoms with van der Waals surface area (Å²) in [6.07, 6.45) is 0.791. The lowest BCUT2D eigenvalue weighted by atomic mass is 10.2. The van der Waals surface area contributed by atoms with Gasteiger partial charge in [0.15, 0.2) is 18.1 Å². The molecule has 0 saturated heterocycles. The van der Waals surface area contributed by atoms with Crippen LogP contribution in [0.1, 0.15) is 22.7 Å². The largest absolute Gasteiger partial charge is 0.490 e. The van der Waals surface area contributed by atoms with E-state index in [1.54, 1.807) is 24.3 Å². The summed E-state index contributed by atoms with van der Waals surface area (Å²) in [4.78, 5) is 24.3. The van der Waals surface area contributed by atoms with Crippen LogP contribution in [0.25, 0.3) is 0 Å². The third-order valence-corrected chi connectivity index (χ3v) is 4.35. The molecule has 1 aliphatic heterocycles. The number of amides is 1. The van der Waals surface area contributed by atoms with E-state index in [4.69, 9.17) is 23.4 Å². The summed E-state index contributed by atoms with van der Waals surface area (Å²) in [5.74, 6) is 1.12. The van der Waals surface area contributed by atoms with E-state index in [9.17, 15) is 9.59 Å². The van der Waals surface area contributed by atoms with E-state index >= 15 is 0 Å². The van der Waals surface area contributed by atoms with Gasteiger partial charge in [-0.3, -0.25) is 4.79 Å². The number of benzene rings is 2. The number of carbonyl (C=O) groups excluding carboxylic acids is 2. The summed E-state index contributed by atoms with van der Waals surface area (Å²) in [6, 6.07) is 17.4. The Kier molecular flexibility index (Phi) is 6.37. The average molecular weight is 423 g/mol. The van der Waals surface area contributed by atoms with Crippen molar-refractivity contribution >= 4 is 17.6 Å².